The zero-order valence-corrected chi connectivity index (χ0v) is 16.3. The van der Waals surface area contributed by atoms with Gasteiger partial charge < -0.3 is 30.1 Å². The van der Waals surface area contributed by atoms with Crippen LogP contribution in [0.2, 0.25) is 0 Å². The van der Waals surface area contributed by atoms with Gasteiger partial charge in [0.15, 0.2) is 17.6 Å². The van der Waals surface area contributed by atoms with Crippen molar-refractivity contribution in [3.63, 3.8) is 0 Å². The molecule has 4 N–H and O–H groups in total. The minimum absolute atomic E-state index is 0.231. The molecule has 1 aliphatic rings. The number of nitrogens with one attached hydrogen (secondary N) is 1. The van der Waals surface area contributed by atoms with E-state index < -0.39 is 47.9 Å². The highest BCUT2D eigenvalue weighted by atomic mass is 16.5. The average molecular weight is 408 g/mol. The number of aliphatic hydroxyl groups excluding tert-OH is 2. The van der Waals surface area contributed by atoms with Crippen molar-refractivity contribution in [2.45, 2.75) is 49.8 Å². The van der Waals surface area contributed by atoms with Gasteiger partial charge in [-0.05, 0) is 30.2 Å². The summed E-state index contributed by atoms with van der Waals surface area (Å²) in [5, 5.41) is 37.6. The van der Waals surface area contributed by atoms with Crippen LogP contribution in [0.15, 0.2) is 29.4 Å². The first kappa shape index (κ1) is 22.6. The summed E-state index contributed by atoms with van der Waals surface area (Å²) in [6.45, 7) is 1.42. The van der Waals surface area contributed by atoms with E-state index in [1.165, 1.54) is 7.11 Å². The third-order valence-corrected chi connectivity index (χ3v) is 5.10. The van der Waals surface area contributed by atoms with Gasteiger partial charge in [0.2, 0.25) is 5.91 Å². The number of carbonyl (C=O) groups is 2. The van der Waals surface area contributed by atoms with E-state index in [2.05, 4.69) is 15.3 Å². The fraction of sp³-hybridized carbons (Fsp3) is 0.556. The van der Waals surface area contributed by atoms with Gasteiger partial charge in [0.25, 0.3) is 0 Å². The predicted molar refractivity (Wildman–Crippen MR) is 99.8 cm³/mol. The van der Waals surface area contributed by atoms with E-state index in [-0.39, 0.29) is 6.42 Å². The van der Waals surface area contributed by atoms with E-state index in [0.717, 1.165) is 13.8 Å². The maximum absolute atomic E-state index is 12.6. The van der Waals surface area contributed by atoms with Gasteiger partial charge in [-0.1, -0.05) is 17.2 Å². The molecule has 0 aromatic heterocycles. The van der Waals surface area contributed by atoms with Crippen LogP contribution in [0.3, 0.4) is 0 Å². The van der Waals surface area contributed by atoms with Gasteiger partial charge in [-0.2, -0.15) is 0 Å². The number of hydrogen-bond acceptors (Lipinski definition) is 8. The number of Topliss-reactive ketones (excluding diaryl/α,β-unsaturated/α-hetero) is 1. The molecule has 1 fully saturated rings. The van der Waals surface area contributed by atoms with Crippen molar-refractivity contribution >= 4 is 11.7 Å². The van der Waals surface area contributed by atoms with Crippen LogP contribution in [0.1, 0.15) is 19.4 Å². The summed E-state index contributed by atoms with van der Waals surface area (Å²) in [5.74, 6) is -1.00. The minimum atomic E-state index is -2.62. The van der Waals surface area contributed by atoms with Gasteiger partial charge in [-0.25, -0.2) is 0 Å². The molecular weight excluding hydrogens is 384 g/mol. The second-order valence-electron chi connectivity index (χ2n) is 6.86. The lowest BCUT2D eigenvalue weighted by atomic mass is 9.66. The molecule has 0 unspecified atom stereocenters. The molecule has 1 saturated heterocycles. The quantitative estimate of drug-likeness (QED) is 0.275. The van der Waals surface area contributed by atoms with Crippen molar-refractivity contribution in [3.8, 4) is 5.75 Å². The number of aliphatic hydroxyl groups is 3. The Morgan fingerprint density at radius 1 is 1.34 bits per heavy atom. The SMILES string of the molecule is COc1ccc(C[C@]2(NC(C)=O)[C@H](N=[N+]=[N-])O[C@H](CO)[C@@H](O)[C@@]2(O)C(C)=O)cc1. The molecule has 1 aromatic carbocycles. The number of methoxy groups -OCH3 is 1. The van der Waals surface area contributed by atoms with Crippen LogP contribution >= 0.6 is 0 Å². The Morgan fingerprint density at radius 3 is 2.41 bits per heavy atom. The number of azide groups is 1. The summed E-state index contributed by atoms with van der Waals surface area (Å²) < 4.78 is 10.6. The van der Waals surface area contributed by atoms with E-state index in [1.807, 2.05) is 0 Å². The molecule has 0 spiro atoms. The molecule has 11 nitrogen and oxygen atoms in total. The van der Waals surface area contributed by atoms with Crippen LogP contribution < -0.4 is 10.1 Å². The Kier molecular flexibility index (Phi) is 6.83. The highest BCUT2D eigenvalue weighted by molar-refractivity contribution is 5.89. The topological polar surface area (TPSA) is 174 Å². The van der Waals surface area contributed by atoms with Crippen molar-refractivity contribution in [3.05, 3.63) is 40.3 Å². The lowest BCUT2D eigenvalue weighted by Gasteiger charge is -2.56. The molecule has 0 aliphatic carbocycles. The molecule has 1 heterocycles. The van der Waals surface area contributed by atoms with Crippen molar-refractivity contribution in [2.75, 3.05) is 13.7 Å². The summed E-state index contributed by atoms with van der Waals surface area (Å²) in [4.78, 5) is 27.3. The maximum atomic E-state index is 12.6. The first-order valence-electron chi connectivity index (χ1n) is 8.80. The molecule has 1 aliphatic heterocycles. The average Bonchev–Trinajstić information content (AvgIpc) is 2.68. The van der Waals surface area contributed by atoms with Crippen molar-refractivity contribution in [1.82, 2.24) is 5.32 Å². The highest BCUT2D eigenvalue weighted by Crippen LogP contribution is 2.42. The molecule has 0 saturated carbocycles. The molecule has 0 radical (unpaired) electrons. The fourth-order valence-corrected chi connectivity index (χ4v) is 3.72. The third-order valence-electron chi connectivity index (χ3n) is 5.10. The number of hydrogen-bond donors (Lipinski definition) is 4. The number of ketones is 1. The van der Waals surface area contributed by atoms with E-state index in [1.54, 1.807) is 24.3 Å². The first-order chi connectivity index (χ1) is 13.7. The third kappa shape index (κ3) is 3.91. The van der Waals surface area contributed by atoms with Crippen molar-refractivity contribution < 1.29 is 34.4 Å². The van der Waals surface area contributed by atoms with E-state index in [9.17, 15) is 24.9 Å². The Hall–Kier alpha value is -2.69. The summed E-state index contributed by atoms with van der Waals surface area (Å²) >= 11 is 0. The zero-order valence-electron chi connectivity index (χ0n) is 16.3. The number of nitrogens with zero attached hydrogens (tertiary/aromatic N) is 3. The normalized spacial score (nSPS) is 31.4. The van der Waals surface area contributed by atoms with E-state index >= 15 is 0 Å². The van der Waals surface area contributed by atoms with Gasteiger partial charge in [0.05, 0.1) is 13.7 Å². The van der Waals surface area contributed by atoms with Crippen LogP contribution in [0.4, 0.5) is 0 Å². The second kappa shape index (κ2) is 8.76. The lowest BCUT2D eigenvalue weighted by Crippen LogP contribution is -2.82. The van der Waals surface area contributed by atoms with Crippen molar-refractivity contribution in [2.24, 2.45) is 5.11 Å². The van der Waals surface area contributed by atoms with Gasteiger partial charge in [0.1, 0.15) is 23.5 Å². The lowest BCUT2D eigenvalue weighted by molar-refractivity contribution is -0.260. The molecule has 158 valence electrons. The molecule has 1 amide bonds. The van der Waals surface area contributed by atoms with Crippen LogP contribution in [-0.4, -0.2) is 70.3 Å². The number of ether oxygens (including phenoxy) is 2. The van der Waals surface area contributed by atoms with Gasteiger partial charge in [0, 0.05) is 18.3 Å². The smallest absolute Gasteiger partial charge is 0.217 e. The zero-order chi connectivity index (χ0) is 21.8. The number of benzene rings is 1. The van der Waals surface area contributed by atoms with Crippen LogP contribution in [0.5, 0.6) is 5.75 Å². The minimum Gasteiger partial charge on any atom is -0.497 e. The van der Waals surface area contributed by atoms with E-state index in [4.69, 9.17) is 15.0 Å². The van der Waals surface area contributed by atoms with E-state index in [0.29, 0.717) is 11.3 Å². The number of carbonyl (C=O) groups excluding carboxylic acids is 2. The van der Waals surface area contributed by atoms with Crippen LogP contribution in [0.25, 0.3) is 10.4 Å². The molecule has 0 bridgehead atoms. The summed E-state index contributed by atoms with van der Waals surface area (Å²) in [7, 11) is 1.49. The monoisotopic (exact) mass is 408 g/mol. The standard InChI is InChI=1S/C18H24N4O7/c1-10(24)18(27)15(26)14(9-23)29-16(21-22-19)17(18,20-11(2)25)8-12-4-6-13(28-3)7-5-12/h4-7,14-16,23,26-27H,8-9H2,1-3H3,(H,20,25)/t14-,15-,16-,17+,18+/m1/s1. The van der Waals surface area contributed by atoms with Crippen LogP contribution in [0, 0.1) is 0 Å². The largest absolute Gasteiger partial charge is 0.497 e. The first-order valence-corrected chi connectivity index (χ1v) is 8.80. The number of rotatable bonds is 7. The Morgan fingerprint density at radius 2 is 1.97 bits per heavy atom. The molecule has 11 heteroatoms. The van der Waals surface area contributed by atoms with Crippen LogP contribution in [-0.2, 0) is 20.7 Å². The summed E-state index contributed by atoms with van der Waals surface area (Å²) in [6, 6.07) is 6.51. The summed E-state index contributed by atoms with van der Waals surface area (Å²) in [6.07, 6.45) is -5.16. The summed E-state index contributed by atoms with van der Waals surface area (Å²) in [5.41, 5.74) is 4.87. The number of amides is 1. The predicted octanol–water partition coefficient (Wildman–Crippen LogP) is -0.179. The Balaban J connectivity index is 2.72. The highest BCUT2D eigenvalue weighted by Gasteiger charge is 2.67. The molecule has 2 rings (SSSR count). The molecule has 1 aromatic rings. The Bertz CT molecular complexity index is 811. The molecule has 29 heavy (non-hydrogen) atoms. The van der Waals surface area contributed by atoms with Gasteiger partial charge in [-0.15, -0.1) is 0 Å². The van der Waals surface area contributed by atoms with Crippen molar-refractivity contribution in [1.29, 1.82) is 0 Å². The second-order valence-corrected chi connectivity index (χ2v) is 6.86. The molecule has 5 atom stereocenters. The van der Waals surface area contributed by atoms with Gasteiger partial charge in [-0.3, -0.25) is 9.59 Å². The molecular formula is C18H24N4O7. The maximum Gasteiger partial charge on any atom is 0.217 e. The fourth-order valence-electron chi connectivity index (χ4n) is 3.72. The Labute approximate surface area is 166 Å². The van der Waals surface area contributed by atoms with Gasteiger partial charge >= 0.3 is 0 Å².